The zero-order chi connectivity index (χ0) is 20.1. The van der Waals surface area contributed by atoms with Gasteiger partial charge in [-0.3, -0.25) is 9.52 Å². The molecule has 0 fully saturated rings. The van der Waals surface area contributed by atoms with Crippen LogP contribution < -0.4 is 10.0 Å². The number of sulfonamides is 1. The summed E-state index contributed by atoms with van der Waals surface area (Å²) in [5.74, 6) is -0.279. The highest BCUT2D eigenvalue weighted by atomic mass is 32.2. The van der Waals surface area contributed by atoms with Gasteiger partial charge in [0.1, 0.15) is 0 Å². The number of para-hydroxylation sites is 1. The predicted octanol–water partition coefficient (Wildman–Crippen LogP) is 4.61. The van der Waals surface area contributed by atoms with E-state index in [2.05, 4.69) is 10.0 Å². The number of aryl methyl sites for hydroxylation is 1. The van der Waals surface area contributed by atoms with Crippen LogP contribution in [0, 0.1) is 6.92 Å². The van der Waals surface area contributed by atoms with E-state index in [1.54, 1.807) is 43.3 Å². The maximum absolute atomic E-state index is 12.8. The molecule has 5 nitrogen and oxygen atoms in total. The summed E-state index contributed by atoms with van der Waals surface area (Å²) in [6, 6.07) is 20.7. The number of hydrogen-bond acceptors (Lipinski definition) is 3. The summed E-state index contributed by atoms with van der Waals surface area (Å²) >= 11 is 0. The van der Waals surface area contributed by atoms with Crippen molar-refractivity contribution in [1.29, 1.82) is 0 Å². The largest absolute Gasteiger partial charge is 0.322 e. The number of hydrogen-bond donors (Lipinski definition) is 2. The highest BCUT2D eigenvalue weighted by molar-refractivity contribution is 7.92. The van der Waals surface area contributed by atoms with E-state index in [1.807, 2.05) is 31.2 Å². The molecule has 28 heavy (non-hydrogen) atoms. The van der Waals surface area contributed by atoms with E-state index in [9.17, 15) is 13.2 Å². The molecule has 1 amide bonds. The van der Waals surface area contributed by atoms with Gasteiger partial charge in [-0.1, -0.05) is 49.4 Å². The Balaban J connectivity index is 1.88. The maximum atomic E-state index is 12.8. The van der Waals surface area contributed by atoms with Gasteiger partial charge < -0.3 is 5.32 Å². The third kappa shape index (κ3) is 4.23. The van der Waals surface area contributed by atoms with Gasteiger partial charge in [-0.2, -0.15) is 0 Å². The zero-order valence-corrected chi connectivity index (χ0v) is 16.6. The molecular weight excluding hydrogens is 372 g/mol. The molecule has 0 bridgehead atoms. The first-order chi connectivity index (χ1) is 13.4. The SMILES string of the molecule is CCc1ccccc1NC(=O)c1cccc(NS(=O)(=O)c2ccccc2)c1C. The second kappa shape index (κ2) is 8.27. The molecule has 2 N–H and O–H groups in total. The molecule has 3 aromatic carbocycles. The quantitative estimate of drug-likeness (QED) is 0.641. The smallest absolute Gasteiger partial charge is 0.261 e. The van der Waals surface area contributed by atoms with Crippen LogP contribution in [-0.4, -0.2) is 14.3 Å². The first-order valence-corrected chi connectivity index (χ1v) is 10.5. The van der Waals surface area contributed by atoms with Gasteiger partial charge in [0.05, 0.1) is 10.6 Å². The van der Waals surface area contributed by atoms with Crippen LogP contribution in [0.5, 0.6) is 0 Å². The molecule has 0 saturated carbocycles. The van der Waals surface area contributed by atoms with Gasteiger partial charge in [-0.25, -0.2) is 8.42 Å². The monoisotopic (exact) mass is 394 g/mol. The van der Waals surface area contributed by atoms with Crippen LogP contribution in [0.3, 0.4) is 0 Å². The van der Waals surface area contributed by atoms with Crippen LogP contribution >= 0.6 is 0 Å². The minimum absolute atomic E-state index is 0.168. The fourth-order valence-electron chi connectivity index (χ4n) is 2.94. The normalized spacial score (nSPS) is 11.1. The summed E-state index contributed by atoms with van der Waals surface area (Å²) in [7, 11) is -3.73. The molecule has 3 aromatic rings. The molecule has 0 spiro atoms. The van der Waals surface area contributed by atoms with Crippen LogP contribution in [0.2, 0.25) is 0 Å². The summed E-state index contributed by atoms with van der Waals surface area (Å²) in [5.41, 5.74) is 3.15. The maximum Gasteiger partial charge on any atom is 0.261 e. The number of anilines is 2. The summed E-state index contributed by atoms with van der Waals surface area (Å²) in [6.45, 7) is 3.75. The Bertz CT molecular complexity index is 1090. The van der Waals surface area contributed by atoms with Crippen molar-refractivity contribution in [3.05, 3.63) is 89.5 Å². The van der Waals surface area contributed by atoms with Crippen molar-refractivity contribution >= 4 is 27.3 Å². The standard InChI is InChI=1S/C22H22N2O3S/c1-3-17-10-7-8-14-21(17)23-22(25)19-13-9-15-20(16(19)2)24-28(26,27)18-11-5-4-6-12-18/h4-15,24H,3H2,1-2H3,(H,23,25). The molecule has 0 radical (unpaired) electrons. The molecule has 0 heterocycles. The lowest BCUT2D eigenvalue weighted by atomic mass is 10.1. The van der Waals surface area contributed by atoms with Gasteiger partial charge in [-0.15, -0.1) is 0 Å². The zero-order valence-electron chi connectivity index (χ0n) is 15.8. The Labute approximate surface area is 165 Å². The highest BCUT2D eigenvalue weighted by Crippen LogP contribution is 2.24. The van der Waals surface area contributed by atoms with Crippen LogP contribution in [0.4, 0.5) is 11.4 Å². The number of carbonyl (C=O) groups is 1. The molecule has 0 aromatic heterocycles. The van der Waals surface area contributed by atoms with Crippen molar-refractivity contribution in [3.8, 4) is 0 Å². The lowest BCUT2D eigenvalue weighted by Gasteiger charge is -2.15. The average Bonchev–Trinajstić information content (AvgIpc) is 2.70. The van der Waals surface area contributed by atoms with Gasteiger partial charge in [0.2, 0.25) is 0 Å². The molecule has 0 aliphatic carbocycles. The second-order valence-corrected chi connectivity index (χ2v) is 8.04. The fourth-order valence-corrected chi connectivity index (χ4v) is 4.08. The highest BCUT2D eigenvalue weighted by Gasteiger charge is 2.18. The third-order valence-corrected chi connectivity index (χ3v) is 5.90. The van der Waals surface area contributed by atoms with E-state index in [1.165, 1.54) is 12.1 Å². The number of rotatable bonds is 6. The Morgan fingerprint density at radius 1 is 0.857 bits per heavy atom. The van der Waals surface area contributed by atoms with Crippen molar-refractivity contribution in [2.45, 2.75) is 25.2 Å². The molecule has 144 valence electrons. The molecule has 3 rings (SSSR count). The van der Waals surface area contributed by atoms with Crippen molar-refractivity contribution in [2.24, 2.45) is 0 Å². The number of carbonyl (C=O) groups excluding carboxylic acids is 1. The minimum atomic E-state index is -3.73. The summed E-state index contributed by atoms with van der Waals surface area (Å²) in [4.78, 5) is 13.0. The third-order valence-electron chi connectivity index (χ3n) is 4.52. The van der Waals surface area contributed by atoms with Crippen molar-refractivity contribution in [3.63, 3.8) is 0 Å². The minimum Gasteiger partial charge on any atom is -0.322 e. The lowest BCUT2D eigenvalue weighted by molar-refractivity contribution is 0.102. The van der Waals surface area contributed by atoms with E-state index in [-0.39, 0.29) is 10.8 Å². The van der Waals surface area contributed by atoms with E-state index in [4.69, 9.17) is 0 Å². The lowest BCUT2D eigenvalue weighted by Crippen LogP contribution is -2.17. The van der Waals surface area contributed by atoms with Gasteiger partial charge in [0, 0.05) is 11.3 Å². The summed E-state index contributed by atoms with van der Waals surface area (Å²) in [6.07, 6.45) is 0.798. The van der Waals surface area contributed by atoms with Crippen LogP contribution in [-0.2, 0) is 16.4 Å². The predicted molar refractivity (Wildman–Crippen MR) is 112 cm³/mol. The molecule has 0 saturated heterocycles. The second-order valence-electron chi connectivity index (χ2n) is 6.36. The van der Waals surface area contributed by atoms with Crippen LogP contribution in [0.15, 0.2) is 77.7 Å². The van der Waals surface area contributed by atoms with Crippen LogP contribution in [0.1, 0.15) is 28.4 Å². The number of nitrogens with one attached hydrogen (secondary N) is 2. The Morgan fingerprint density at radius 3 is 2.21 bits per heavy atom. The number of amides is 1. The fraction of sp³-hybridized carbons (Fsp3) is 0.136. The molecule has 0 aliphatic heterocycles. The van der Waals surface area contributed by atoms with Gasteiger partial charge in [-0.05, 0) is 54.8 Å². The van der Waals surface area contributed by atoms with E-state index in [0.29, 0.717) is 16.8 Å². The summed E-state index contributed by atoms with van der Waals surface area (Å²) in [5, 5.41) is 2.92. The summed E-state index contributed by atoms with van der Waals surface area (Å²) < 4.78 is 27.8. The van der Waals surface area contributed by atoms with Crippen LogP contribution in [0.25, 0.3) is 0 Å². The van der Waals surface area contributed by atoms with E-state index in [0.717, 1.165) is 17.7 Å². The van der Waals surface area contributed by atoms with Crippen molar-refractivity contribution in [1.82, 2.24) is 0 Å². The molecule has 0 aliphatic rings. The Kier molecular flexibility index (Phi) is 5.80. The van der Waals surface area contributed by atoms with Crippen molar-refractivity contribution < 1.29 is 13.2 Å². The molecule has 0 atom stereocenters. The van der Waals surface area contributed by atoms with Gasteiger partial charge in [0.25, 0.3) is 15.9 Å². The Morgan fingerprint density at radius 2 is 1.50 bits per heavy atom. The number of benzene rings is 3. The Hall–Kier alpha value is -3.12. The van der Waals surface area contributed by atoms with Gasteiger partial charge in [0.15, 0.2) is 0 Å². The molecule has 6 heteroatoms. The molecule has 0 unspecified atom stereocenters. The van der Waals surface area contributed by atoms with E-state index < -0.39 is 10.0 Å². The van der Waals surface area contributed by atoms with Crippen molar-refractivity contribution in [2.75, 3.05) is 10.0 Å². The van der Waals surface area contributed by atoms with Gasteiger partial charge >= 0.3 is 0 Å². The molecular formula is C22H22N2O3S. The first kappa shape index (κ1) is 19.6. The topological polar surface area (TPSA) is 75.3 Å². The van der Waals surface area contributed by atoms with E-state index >= 15 is 0 Å². The first-order valence-electron chi connectivity index (χ1n) is 8.99. The average molecular weight is 394 g/mol.